The highest BCUT2D eigenvalue weighted by molar-refractivity contribution is 5.75. The molecule has 0 bridgehead atoms. The van der Waals surface area contributed by atoms with Crippen LogP contribution in [0.3, 0.4) is 0 Å². The molecule has 1 aliphatic rings. The van der Waals surface area contributed by atoms with Crippen LogP contribution in [-0.2, 0) is 0 Å². The fourth-order valence-corrected chi connectivity index (χ4v) is 2.86. The zero-order valence-electron chi connectivity index (χ0n) is 13.6. The van der Waals surface area contributed by atoms with E-state index in [0.717, 1.165) is 17.5 Å². The number of carbonyl (C=O) groups is 1. The van der Waals surface area contributed by atoms with E-state index in [1.807, 2.05) is 19.1 Å². The number of nitrogens with one attached hydrogen (secondary N) is 2. The molecule has 2 aromatic rings. The summed E-state index contributed by atoms with van der Waals surface area (Å²) in [6.07, 6.45) is 4.10. The Balaban J connectivity index is 1.55. The number of methoxy groups -OCH3 is 1. The number of nitrogens with zero attached hydrogens (tertiary/aromatic N) is 1. The maximum Gasteiger partial charge on any atom is 0.315 e. The van der Waals surface area contributed by atoms with Gasteiger partial charge in [0.05, 0.1) is 19.3 Å². The van der Waals surface area contributed by atoms with E-state index in [-0.39, 0.29) is 29.8 Å². The van der Waals surface area contributed by atoms with Crippen molar-refractivity contribution < 1.29 is 13.9 Å². The molecule has 5 nitrogen and oxygen atoms in total. The molecule has 1 unspecified atom stereocenters. The monoisotopic (exact) mass is 329 g/mol. The van der Waals surface area contributed by atoms with Gasteiger partial charge in [0.2, 0.25) is 0 Å². The molecule has 1 aromatic carbocycles. The van der Waals surface area contributed by atoms with E-state index in [9.17, 15) is 9.18 Å². The number of halogens is 1. The molecule has 0 radical (unpaired) electrons. The van der Waals surface area contributed by atoms with Gasteiger partial charge in [-0.15, -0.1) is 0 Å². The van der Waals surface area contributed by atoms with E-state index in [1.165, 1.54) is 12.1 Å². The summed E-state index contributed by atoms with van der Waals surface area (Å²) in [6.45, 7) is 1.88. The van der Waals surface area contributed by atoms with Gasteiger partial charge in [0.1, 0.15) is 11.6 Å². The Morgan fingerprint density at radius 1 is 1.42 bits per heavy atom. The maximum absolute atomic E-state index is 13.3. The van der Waals surface area contributed by atoms with Crippen molar-refractivity contribution in [3.8, 4) is 5.75 Å². The third-order valence-corrected chi connectivity index (χ3v) is 4.23. The number of carbonyl (C=O) groups excluding carboxylic acids is 1. The zero-order valence-corrected chi connectivity index (χ0v) is 13.6. The lowest BCUT2D eigenvalue weighted by molar-refractivity contribution is 0.237. The standard InChI is InChI=1S/C18H20FN3O2/c1-11(14-6-7-20-10-17(14)24-2)21-18(23)22-16-9-15(16)12-4-3-5-13(19)8-12/h3-8,10-11,15-16H,9H2,1-2H3,(H2,21,22,23)/t11?,15-,16+/m0/s1. The third-order valence-electron chi connectivity index (χ3n) is 4.23. The third kappa shape index (κ3) is 3.64. The maximum atomic E-state index is 13.3. The Morgan fingerprint density at radius 2 is 2.25 bits per heavy atom. The van der Waals surface area contributed by atoms with E-state index >= 15 is 0 Å². The Hall–Kier alpha value is -2.63. The molecule has 1 aromatic heterocycles. The largest absolute Gasteiger partial charge is 0.495 e. The summed E-state index contributed by atoms with van der Waals surface area (Å²) >= 11 is 0. The van der Waals surface area contributed by atoms with Crippen LogP contribution >= 0.6 is 0 Å². The second-order valence-corrected chi connectivity index (χ2v) is 5.96. The molecule has 0 saturated heterocycles. The lowest BCUT2D eigenvalue weighted by atomic mass is 10.1. The predicted molar refractivity (Wildman–Crippen MR) is 88.4 cm³/mol. The second kappa shape index (κ2) is 6.86. The number of ether oxygens (including phenoxy) is 1. The minimum atomic E-state index is -0.249. The van der Waals surface area contributed by atoms with E-state index in [0.29, 0.717) is 5.75 Å². The molecule has 1 aliphatic carbocycles. The van der Waals surface area contributed by atoms with Crippen LogP contribution < -0.4 is 15.4 Å². The van der Waals surface area contributed by atoms with Crippen LogP contribution in [0.1, 0.15) is 36.4 Å². The van der Waals surface area contributed by atoms with Crippen LogP contribution in [0.15, 0.2) is 42.7 Å². The number of hydrogen-bond donors (Lipinski definition) is 2. The van der Waals surface area contributed by atoms with Crippen molar-refractivity contribution in [3.05, 3.63) is 59.7 Å². The van der Waals surface area contributed by atoms with Crippen LogP contribution in [0.4, 0.5) is 9.18 Å². The Bertz CT molecular complexity index is 738. The molecule has 24 heavy (non-hydrogen) atoms. The van der Waals surface area contributed by atoms with E-state index in [4.69, 9.17) is 4.74 Å². The van der Waals surface area contributed by atoms with Crippen molar-refractivity contribution in [2.75, 3.05) is 7.11 Å². The molecule has 2 amide bonds. The van der Waals surface area contributed by atoms with Crippen LogP contribution in [-0.4, -0.2) is 24.2 Å². The van der Waals surface area contributed by atoms with Crippen molar-refractivity contribution in [1.82, 2.24) is 15.6 Å². The van der Waals surface area contributed by atoms with Crippen molar-refractivity contribution in [3.63, 3.8) is 0 Å². The SMILES string of the molecule is COc1cnccc1C(C)NC(=O)N[C@@H]1C[C@H]1c1cccc(F)c1. The van der Waals surface area contributed by atoms with Crippen molar-refractivity contribution in [2.45, 2.75) is 31.3 Å². The van der Waals surface area contributed by atoms with Gasteiger partial charge < -0.3 is 15.4 Å². The average molecular weight is 329 g/mol. The molecule has 1 fully saturated rings. The van der Waals surface area contributed by atoms with Crippen LogP contribution in [0.25, 0.3) is 0 Å². The Morgan fingerprint density at radius 3 is 3.00 bits per heavy atom. The van der Waals surface area contributed by atoms with Crippen LogP contribution in [0, 0.1) is 5.82 Å². The topological polar surface area (TPSA) is 63.2 Å². The van der Waals surface area contributed by atoms with Gasteiger partial charge in [-0.05, 0) is 37.1 Å². The molecule has 6 heteroatoms. The number of rotatable bonds is 5. The second-order valence-electron chi connectivity index (χ2n) is 5.96. The summed E-state index contributed by atoms with van der Waals surface area (Å²) in [7, 11) is 1.57. The molecule has 0 aliphatic heterocycles. The minimum Gasteiger partial charge on any atom is -0.495 e. The van der Waals surface area contributed by atoms with Crippen molar-refractivity contribution in [2.24, 2.45) is 0 Å². The fraction of sp³-hybridized carbons (Fsp3) is 0.333. The van der Waals surface area contributed by atoms with Crippen molar-refractivity contribution in [1.29, 1.82) is 0 Å². The first-order valence-corrected chi connectivity index (χ1v) is 7.89. The molecule has 0 spiro atoms. The summed E-state index contributed by atoms with van der Waals surface area (Å²) < 4.78 is 18.5. The first-order valence-electron chi connectivity index (χ1n) is 7.89. The Labute approximate surface area is 140 Å². The van der Waals surface area contributed by atoms with Gasteiger partial charge in [0, 0.05) is 23.7 Å². The van der Waals surface area contributed by atoms with E-state index < -0.39 is 0 Å². The van der Waals surface area contributed by atoms with Crippen LogP contribution in [0.2, 0.25) is 0 Å². The molecular weight excluding hydrogens is 309 g/mol. The summed E-state index contributed by atoms with van der Waals surface area (Å²) in [5.74, 6) is 0.563. The van der Waals surface area contributed by atoms with Gasteiger partial charge >= 0.3 is 6.03 Å². The summed E-state index contributed by atoms with van der Waals surface area (Å²) in [6, 6.07) is 7.92. The first kappa shape index (κ1) is 16.2. The van der Waals surface area contributed by atoms with Gasteiger partial charge in [0.25, 0.3) is 0 Å². The quantitative estimate of drug-likeness (QED) is 0.886. The van der Waals surface area contributed by atoms with Gasteiger partial charge in [-0.2, -0.15) is 0 Å². The zero-order chi connectivity index (χ0) is 17.1. The number of benzene rings is 1. The van der Waals surface area contributed by atoms with Crippen LogP contribution in [0.5, 0.6) is 5.75 Å². The number of pyridine rings is 1. The number of aromatic nitrogens is 1. The van der Waals surface area contributed by atoms with E-state index in [2.05, 4.69) is 15.6 Å². The molecule has 1 heterocycles. The van der Waals surface area contributed by atoms with Gasteiger partial charge in [0.15, 0.2) is 0 Å². The number of urea groups is 1. The normalized spacial score (nSPS) is 20.1. The van der Waals surface area contributed by atoms with Gasteiger partial charge in [-0.1, -0.05) is 12.1 Å². The van der Waals surface area contributed by atoms with Crippen molar-refractivity contribution >= 4 is 6.03 Å². The Kier molecular flexibility index (Phi) is 4.64. The fourth-order valence-electron chi connectivity index (χ4n) is 2.86. The smallest absolute Gasteiger partial charge is 0.315 e. The highest BCUT2D eigenvalue weighted by atomic mass is 19.1. The molecular formula is C18H20FN3O2. The molecule has 2 N–H and O–H groups in total. The molecule has 126 valence electrons. The number of hydrogen-bond acceptors (Lipinski definition) is 3. The molecule has 3 atom stereocenters. The predicted octanol–water partition coefficient (Wildman–Crippen LogP) is 3.15. The summed E-state index contributed by atoms with van der Waals surface area (Å²) in [5, 5.41) is 5.82. The lowest BCUT2D eigenvalue weighted by Gasteiger charge is -2.17. The number of amides is 2. The van der Waals surface area contributed by atoms with E-state index in [1.54, 1.807) is 25.6 Å². The molecule has 1 saturated carbocycles. The van der Waals surface area contributed by atoms with Gasteiger partial charge in [-0.25, -0.2) is 9.18 Å². The molecule has 3 rings (SSSR count). The first-order chi connectivity index (χ1) is 11.6. The van der Waals surface area contributed by atoms with Gasteiger partial charge in [-0.3, -0.25) is 4.98 Å². The summed E-state index contributed by atoms with van der Waals surface area (Å²) in [4.78, 5) is 16.2. The minimum absolute atomic E-state index is 0.0401. The average Bonchev–Trinajstić information content (AvgIpc) is 3.33. The highest BCUT2D eigenvalue weighted by Crippen LogP contribution is 2.40. The summed E-state index contributed by atoms with van der Waals surface area (Å²) in [5.41, 5.74) is 1.78. The lowest BCUT2D eigenvalue weighted by Crippen LogP contribution is -2.38. The highest BCUT2D eigenvalue weighted by Gasteiger charge is 2.39.